The molecule has 25 heavy (non-hydrogen) atoms. The molecule has 1 rings (SSSR count). The Kier molecular flexibility index (Phi) is 11.4. The monoisotopic (exact) mass is 405 g/mol. The summed E-state index contributed by atoms with van der Waals surface area (Å²) in [5, 5.41) is 0. The summed E-state index contributed by atoms with van der Waals surface area (Å²) in [6.07, 6.45) is 9.80. The Balaban J connectivity index is 0.00000576. The van der Waals surface area contributed by atoms with Crippen LogP contribution in [0.15, 0.2) is 54.1 Å². The fraction of sp³-hybridized carbons (Fsp3) is 0.455. The second-order valence-corrected chi connectivity index (χ2v) is 7.09. The molecule has 0 fully saturated rings. The molecule has 0 aliphatic carbocycles. The van der Waals surface area contributed by atoms with Gasteiger partial charge in [-0.1, -0.05) is 48.6 Å². The van der Waals surface area contributed by atoms with Gasteiger partial charge in [-0.2, -0.15) is 0 Å². The second-order valence-electron chi connectivity index (χ2n) is 7.09. The molecule has 0 aliphatic rings. The van der Waals surface area contributed by atoms with Crippen molar-refractivity contribution in [3.05, 3.63) is 59.7 Å². The van der Waals surface area contributed by atoms with Crippen LogP contribution >= 0.6 is 0 Å². The SMILES string of the molecule is C#CC[N+](C)(C)C(CC/C(C)=C/COCc1ccccc1)C(=C)C.[Br-]. The number of ether oxygens (including phenoxy) is 1. The molecule has 0 heterocycles. The Morgan fingerprint density at radius 2 is 1.92 bits per heavy atom. The molecule has 138 valence electrons. The average molecular weight is 406 g/mol. The number of likely N-dealkylation sites (N-methyl/N-ethyl adjacent to an activating group) is 1. The van der Waals surface area contributed by atoms with E-state index < -0.39 is 0 Å². The van der Waals surface area contributed by atoms with Crippen LogP contribution in [0.25, 0.3) is 0 Å². The summed E-state index contributed by atoms with van der Waals surface area (Å²) >= 11 is 0. The first-order valence-electron chi connectivity index (χ1n) is 8.55. The third-order valence-corrected chi connectivity index (χ3v) is 4.38. The lowest BCUT2D eigenvalue weighted by Gasteiger charge is -2.37. The van der Waals surface area contributed by atoms with Crippen LogP contribution in [-0.4, -0.2) is 37.8 Å². The van der Waals surface area contributed by atoms with Crippen LogP contribution in [0, 0.1) is 12.3 Å². The Morgan fingerprint density at radius 1 is 1.28 bits per heavy atom. The quantitative estimate of drug-likeness (QED) is 0.248. The fourth-order valence-electron chi connectivity index (χ4n) is 2.96. The summed E-state index contributed by atoms with van der Waals surface area (Å²) in [7, 11) is 4.36. The predicted molar refractivity (Wildman–Crippen MR) is 103 cm³/mol. The molecule has 2 nitrogen and oxygen atoms in total. The molecule has 1 unspecified atom stereocenters. The fourth-order valence-corrected chi connectivity index (χ4v) is 2.96. The summed E-state index contributed by atoms with van der Waals surface area (Å²) in [5.74, 6) is 2.78. The lowest BCUT2D eigenvalue weighted by atomic mass is 9.98. The Hall–Kier alpha value is -1.34. The minimum atomic E-state index is 0. The molecule has 0 bridgehead atoms. The highest BCUT2D eigenvalue weighted by Crippen LogP contribution is 2.21. The van der Waals surface area contributed by atoms with Gasteiger partial charge in [0.25, 0.3) is 0 Å². The number of rotatable bonds is 10. The first kappa shape index (κ1) is 23.7. The van der Waals surface area contributed by atoms with Crippen molar-refractivity contribution in [1.82, 2.24) is 0 Å². The number of hydrogen-bond donors (Lipinski definition) is 0. The van der Waals surface area contributed by atoms with Crippen molar-refractivity contribution in [1.29, 1.82) is 0 Å². The second kappa shape index (κ2) is 12.1. The molecule has 1 aromatic rings. The predicted octanol–water partition coefficient (Wildman–Crippen LogP) is 1.59. The van der Waals surface area contributed by atoms with Gasteiger partial charge in [0.15, 0.2) is 0 Å². The van der Waals surface area contributed by atoms with Gasteiger partial charge in [0.2, 0.25) is 0 Å². The summed E-state index contributed by atoms with van der Waals surface area (Å²) < 4.78 is 6.52. The summed E-state index contributed by atoms with van der Waals surface area (Å²) in [6, 6.07) is 10.6. The molecule has 1 aromatic carbocycles. The van der Waals surface area contributed by atoms with E-state index in [2.05, 4.69) is 58.7 Å². The van der Waals surface area contributed by atoms with E-state index in [-0.39, 0.29) is 17.0 Å². The van der Waals surface area contributed by atoms with Crippen LogP contribution in [0.4, 0.5) is 0 Å². The molecule has 0 saturated heterocycles. The standard InChI is InChI=1S/C22H32NO.BrH/c1-7-16-23(5,6)22(19(2)3)14-13-20(4)15-17-24-18-21-11-9-8-10-12-21;/h1,8-12,15,22H,2,13-14,16-18H2,3-6H3;1H/q+1;/p-1/b20-15+;. The van der Waals surface area contributed by atoms with E-state index in [0.29, 0.717) is 19.3 Å². The average Bonchev–Trinajstić information content (AvgIpc) is 2.52. The number of quaternary nitrogens is 1. The smallest absolute Gasteiger partial charge is 0.140 e. The van der Waals surface area contributed by atoms with Crippen molar-refractivity contribution < 1.29 is 26.2 Å². The molecule has 3 heteroatoms. The van der Waals surface area contributed by atoms with E-state index in [9.17, 15) is 0 Å². The topological polar surface area (TPSA) is 9.23 Å². The highest BCUT2D eigenvalue weighted by atomic mass is 79.9. The van der Waals surface area contributed by atoms with E-state index in [1.54, 1.807) is 0 Å². The van der Waals surface area contributed by atoms with Gasteiger partial charge in [0, 0.05) is 6.42 Å². The van der Waals surface area contributed by atoms with Crippen molar-refractivity contribution in [2.45, 2.75) is 39.3 Å². The lowest BCUT2D eigenvalue weighted by Crippen LogP contribution is -3.00. The number of hydrogen-bond acceptors (Lipinski definition) is 1. The number of halogens is 1. The first-order valence-corrected chi connectivity index (χ1v) is 8.55. The normalized spacial score (nSPS) is 12.8. The number of allylic oxidation sites excluding steroid dienone is 1. The zero-order chi connectivity index (χ0) is 18.0. The van der Waals surface area contributed by atoms with Crippen LogP contribution in [-0.2, 0) is 11.3 Å². The summed E-state index contributed by atoms with van der Waals surface area (Å²) in [6.45, 7) is 10.5. The summed E-state index contributed by atoms with van der Waals surface area (Å²) in [4.78, 5) is 0. The number of terminal acetylenes is 1. The van der Waals surface area contributed by atoms with Crippen molar-refractivity contribution in [2.75, 3.05) is 27.2 Å². The largest absolute Gasteiger partial charge is 1.00 e. The Labute approximate surface area is 164 Å². The van der Waals surface area contributed by atoms with Gasteiger partial charge < -0.3 is 26.2 Å². The van der Waals surface area contributed by atoms with Crippen LogP contribution in [0.3, 0.4) is 0 Å². The summed E-state index contributed by atoms with van der Waals surface area (Å²) in [5.41, 5.74) is 3.76. The van der Waals surface area contributed by atoms with Gasteiger partial charge in [-0.25, -0.2) is 0 Å². The molecule has 0 saturated carbocycles. The van der Waals surface area contributed by atoms with E-state index in [1.165, 1.54) is 16.7 Å². The van der Waals surface area contributed by atoms with Gasteiger partial charge in [-0.15, -0.1) is 6.42 Å². The van der Waals surface area contributed by atoms with E-state index in [4.69, 9.17) is 11.2 Å². The van der Waals surface area contributed by atoms with Gasteiger partial charge in [-0.3, -0.25) is 0 Å². The first-order chi connectivity index (χ1) is 11.4. The molecule has 0 aromatic heterocycles. The van der Waals surface area contributed by atoms with Crippen molar-refractivity contribution in [3.8, 4) is 12.3 Å². The molecule has 0 amide bonds. The van der Waals surface area contributed by atoms with Gasteiger partial charge in [0.1, 0.15) is 12.6 Å². The maximum atomic E-state index is 5.73. The molecule has 1 atom stereocenters. The van der Waals surface area contributed by atoms with Gasteiger partial charge >= 0.3 is 0 Å². The molecular formula is C22H32BrNO. The van der Waals surface area contributed by atoms with Crippen molar-refractivity contribution in [2.24, 2.45) is 0 Å². The third kappa shape index (κ3) is 9.07. The van der Waals surface area contributed by atoms with Crippen LogP contribution in [0.2, 0.25) is 0 Å². The highest BCUT2D eigenvalue weighted by molar-refractivity contribution is 5.13. The van der Waals surface area contributed by atoms with Crippen molar-refractivity contribution >= 4 is 0 Å². The lowest BCUT2D eigenvalue weighted by molar-refractivity contribution is -0.903. The van der Waals surface area contributed by atoms with Gasteiger partial charge in [-0.05, 0) is 37.3 Å². The van der Waals surface area contributed by atoms with E-state index in [0.717, 1.165) is 23.9 Å². The molecular weight excluding hydrogens is 374 g/mol. The van der Waals surface area contributed by atoms with Crippen LogP contribution in [0.5, 0.6) is 0 Å². The van der Waals surface area contributed by atoms with Crippen molar-refractivity contribution in [3.63, 3.8) is 0 Å². The minimum absolute atomic E-state index is 0. The van der Waals surface area contributed by atoms with Crippen LogP contribution < -0.4 is 17.0 Å². The van der Waals surface area contributed by atoms with E-state index >= 15 is 0 Å². The maximum Gasteiger partial charge on any atom is 0.140 e. The maximum absolute atomic E-state index is 5.73. The van der Waals surface area contributed by atoms with Gasteiger partial charge in [0.05, 0.1) is 27.3 Å². The highest BCUT2D eigenvalue weighted by Gasteiger charge is 2.27. The zero-order valence-corrected chi connectivity index (χ0v) is 17.7. The molecule has 0 radical (unpaired) electrons. The molecule has 0 N–H and O–H groups in total. The number of nitrogens with zero attached hydrogens (tertiary/aromatic N) is 1. The third-order valence-electron chi connectivity index (χ3n) is 4.38. The molecule has 0 spiro atoms. The Bertz CT molecular complexity index is 584. The minimum Gasteiger partial charge on any atom is -1.00 e. The molecule has 0 aliphatic heterocycles. The van der Waals surface area contributed by atoms with Crippen LogP contribution in [0.1, 0.15) is 32.3 Å². The Morgan fingerprint density at radius 3 is 2.48 bits per heavy atom. The zero-order valence-electron chi connectivity index (χ0n) is 16.1. The number of benzene rings is 1. The van der Waals surface area contributed by atoms with E-state index in [1.807, 2.05) is 18.2 Å².